The fourth-order valence-corrected chi connectivity index (χ4v) is 0. The maximum absolute atomic E-state index is 0. The van der Waals surface area contributed by atoms with Gasteiger partial charge in [0.25, 0.3) is 0 Å². The topological polar surface area (TPSA) is 0 Å². The zero-order valence-corrected chi connectivity index (χ0v) is 8.90. The summed E-state index contributed by atoms with van der Waals surface area (Å²) in [5.74, 6) is 0. The Bertz CT molecular complexity index is 13.5. The van der Waals surface area contributed by atoms with Gasteiger partial charge in [-0.3, -0.25) is 0 Å². The molecule has 0 rings (SSSR count). The Morgan fingerprint density at radius 2 is 1.25 bits per heavy atom. The summed E-state index contributed by atoms with van der Waals surface area (Å²) in [7, 11) is 0. The van der Waals surface area contributed by atoms with Crippen LogP contribution in [0.3, 0.4) is 0 Å². The van der Waals surface area contributed by atoms with Gasteiger partial charge >= 0.3 is 50.4 Å². The summed E-state index contributed by atoms with van der Waals surface area (Å²) in [5, 5.41) is 0. The van der Waals surface area contributed by atoms with E-state index >= 15 is 0 Å². The van der Waals surface area contributed by atoms with Gasteiger partial charge in [0.15, 0.2) is 17.4 Å². The molecule has 0 bridgehead atoms. The van der Waals surface area contributed by atoms with Crippen LogP contribution in [0, 0.1) is 0 Å². The Morgan fingerprint density at radius 3 is 1.25 bits per heavy atom. The van der Waals surface area contributed by atoms with E-state index in [9.17, 15) is 0 Å². The SMILES string of the molecule is [AlH3].[B].[H-].[H-].[Mg+2].[PbH2]. The van der Waals surface area contributed by atoms with Crippen LogP contribution in [0.1, 0.15) is 2.85 Å². The van der Waals surface area contributed by atoms with E-state index in [1.807, 2.05) is 0 Å². The molecule has 0 saturated carbocycles. The van der Waals surface area contributed by atoms with Crippen LogP contribution < -0.4 is 0 Å². The van der Waals surface area contributed by atoms with Gasteiger partial charge in [-0.25, -0.2) is 0 Å². The molecule has 5 radical (unpaired) electrons. The minimum absolute atomic E-state index is 0. The van der Waals surface area contributed by atoms with E-state index in [-0.39, 0.29) is 79.0 Å². The number of rotatable bonds is 0. The van der Waals surface area contributed by atoms with Crippen LogP contribution in [0.2, 0.25) is 0 Å². The van der Waals surface area contributed by atoms with Gasteiger partial charge in [0.05, 0.1) is 0 Å². The predicted octanol–water partition coefficient (Wildman–Crippen LogP) is -2.64. The quantitative estimate of drug-likeness (QED) is 0.425. The summed E-state index contributed by atoms with van der Waals surface area (Å²) >= 11 is 0. The van der Waals surface area contributed by atoms with Gasteiger partial charge in [-0.1, -0.05) is 0 Å². The zero-order valence-electron chi connectivity index (χ0n) is 3.99. The van der Waals surface area contributed by atoms with Crippen molar-refractivity contribution in [3.63, 3.8) is 0 Å². The Morgan fingerprint density at radius 1 is 1.25 bits per heavy atom. The molecule has 0 saturated heterocycles. The van der Waals surface area contributed by atoms with E-state index in [2.05, 4.69) is 0 Å². The van der Waals surface area contributed by atoms with Crippen molar-refractivity contribution in [1.29, 1.82) is 0 Å². The molecule has 0 aliphatic rings. The molecule has 0 aromatic heterocycles. The van der Waals surface area contributed by atoms with Gasteiger partial charge in [-0.2, -0.15) is 0 Å². The van der Waals surface area contributed by atoms with Crippen LogP contribution in [0.15, 0.2) is 0 Å². The molecule has 0 aromatic rings. The molecule has 0 atom stereocenters. The molecule has 0 heterocycles. The normalized spacial score (nSPS) is 0. The average Bonchev–Trinajstić information content (AvgIpc) is 0. The van der Waals surface area contributed by atoms with Gasteiger partial charge in [0.2, 0.25) is 0 Å². The Balaban J connectivity index is 0. The third-order valence-corrected chi connectivity index (χ3v) is 0. The van der Waals surface area contributed by atoms with Crippen LogP contribution >= 0.6 is 0 Å². The Hall–Kier alpha value is 2.29. The first-order valence-corrected chi connectivity index (χ1v) is 0. The van der Waals surface area contributed by atoms with E-state index in [1.165, 1.54) is 0 Å². The molecular weight excluding hydrogens is 269 g/mol. The second-order valence-corrected chi connectivity index (χ2v) is 0. The van der Waals surface area contributed by atoms with Gasteiger partial charge < -0.3 is 2.85 Å². The molecule has 0 spiro atoms. The third kappa shape index (κ3) is 8.86. The van der Waals surface area contributed by atoms with Crippen LogP contribution in [0.5, 0.6) is 0 Å². The van der Waals surface area contributed by atoms with Crippen LogP contribution in [0.4, 0.5) is 0 Å². The van der Waals surface area contributed by atoms with Gasteiger partial charge in [0, 0.05) is 8.41 Å². The second-order valence-electron chi connectivity index (χ2n) is 0. The molecule has 0 fully saturated rings. The molecule has 0 aromatic carbocycles. The Labute approximate surface area is 78.1 Å². The van der Waals surface area contributed by atoms with E-state index in [1.54, 1.807) is 0 Å². The van der Waals surface area contributed by atoms with Crippen molar-refractivity contribution >= 4 is 76.1 Å². The summed E-state index contributed by atoms with van der Waals surface area (Å²) in [4.78, 5) is 0. The van der Waals surface area contributed by atoms with Gasteiger partial charge in [0.1, 0.15) is 0 Å². The number of hydrogen-bond acceptors (Lipinski definition) is 0. The predicted molar refractivity (Wildman–Crippen MR) is 32.2 cm³/mol. The summed E-state index contributed by atoms with van der Waals surface area (Å²) in [6.07, 6.45) is 0. The molecule has 4 heteroatoms. The molecule has 4 heavy (non-hydrogen) atoms. The van der Waals surface area contributed by atoms with Gasteiger partial charge in [-0.05, 0) is 0 Å². The van der Waals surface area contributed by atoms with E-state index < -0.39 is 0 Å². The van der Waals surface area contributed by atoms with Crippen molar-refractivity contribution in [2.75, 3.05) is 0 Å². The zero-order chi connectivity index (χ0) is 0. The molecule has 0 nitrogen and oxygen atoms in total. The summed E-state index contributed by atoms with van der Waals surface area (Å²) in [6.45, 7) is 0. The molecule has 0 amide bonds. The van der Waals surface area contributed by atoms with E-state index in [4.69, 9.17) is 0 Å². The molecule has 19 valence electrons. The first-order chi connectivity index (χ1) is 0. The fourth-order valence-electron chi connectivity index (χ4n) is 0. The molecule has 0 N–H and O–H groups in total. The van der Waals surface area contributed by atoms with Crippen molar-refractivity contribution in [3.8, 4) is 0 Å². The Kier molecular flexibility index (Phi) is 156. The molecule has 0 unspecified atom stereocenters. The van der Waals surface area contributed by atoms with Crippen molar-refractivity contribution < 1.29 is 2.85 Å². The van der Waals surface area contributed by atoms with Crippen molar-refractivity contribution in [2.45, 2.75) is 0 Å². The van der Waals surface area contributed by atoms with E-state index in [0.717, 1.165) is 0 Å². The van der Waals surface area contributed by atoms with E-state index in [0.29, 0.717) is 0 Å². The summed E-state index contributed by atoms with van der Waals surface area (Å²) in [5.41, 5.74) is 0. The summed E-state index contributed by atoms with van der Waals surface area (Å²) < 4.78 is 0. The monoisotopic (exact) mass is 277 g/mol. The average molecular weight is 276 g/mol. The molecule has 0 aliphatic heterocycles. The first kappa shape index (κ1) is 33.6. The minimum atomic E-state index is 0. The molecular formula is H7AlBMgPb. The van der Waals surface area contributed by atoms with Gasteiger partial charge in [-0.15, -0.1) is 0 Å². The standard InChI is InChI=1S/Al.B.Mg.Pb.7H/q;;+2;;;;;;;2*-1. The van der Waals surface area contributed by atoms with Crippen molar-refractivity contribution in [2.24, 2.45) is 0 Å². The first-order valence-electron chi connectivity index (χ1n) is 0. The maximum atomic E-state index is 0. The van der Waals surface area contributed by atoms with Crippen molar-refractivity contribution in [3.05, 3.63) is 0 Å². The second kappa shape index (κ2) is 18.6. The summed E-state index contributed by atoms with van der Waals surface area (Å²) in [6, 6.07) is 0. The number of hydrogen-bond donors (Lipinski definition) is 0. The van der Waals surface area contributed by atoms with Crippen LogP contribution in [-0.4, -0.2) is 76.1 Å². The third-order valence-electron chi connectivity index (χ3n) is 0. The molecule has 0 aliphatic carbocycles. The van der Waals surface area contributed by atoms with Crippen LogP contribution in [-0.2, 0) is 0 Å². The van der Waals surface area contributed by atoms with Crippen molar-refractivity contribution in [1.82, 2.24) is 0 Å². The van der Waals surface area contributed by atoms with Crippen LogP contribution in [0.25, 0.3) is 0 Å². The fraction of sp³-hybridized carbons (Fsp3) is 0.